The highest BCUT2D eigenvalue weighted by Gasteiger charge is 2.52. The van der Waals surface area contributed by atoms with Gasteiger partial charge in [0.2, 0.25) is 5.91 Å². The Kier molecular flexibility index (Phi) is 6.44. The van der Waals surface area contributed by atoms with Crippen LogP contribution in [-0.4, -0.2) is 30.8 Å². The summed E-state index contributed by atoms with van der Waals surface area (Å²) in [6, 6.07) is 14.3. The van der Waals surface area contributed by atoms with E-state index in [1.54, 1.807) is 0 Å². The van der Waals surface area contributed by atoms with Gasteiger partial charge < -0.3 is 14.2 Å². The molecule has 0 spiro atoms. The quantitative estimate of drug-likeness (QED) is 0.706. The zero-order valence-corrected chi connectivity index (χ0v) is 19.4. The number of benzene rings is 2. The Morgan fingerprint density at radius 3 is 2.30 bits per heavy atom. The molecule has 4 rings (SSSR count). The van der Waals surface area contributed by atoms with E-state index in [4.69, 9.17) is 9.31 Å². The van der Waals surface area contributed by atoms with E-state index in [0.29, 0.717) is 6.42 Å². The Morgan fingerprint density at radius 2 is 1.67 bits per heavy atom. The highest BCUT2D eigenvalue weighted by molar-refractivity contribution is 6.62. The molecule has 4 nitrogen and oxygen atoms in total. The predicted octanol–water partition coefficient (Wildman–Crippen LogP) is 4.45. The number of amides is 1. The molecule has 0 aromatic heterocycles. The molecule has 0 atom stereocenters. The van der Waals surface area contributed by atoms with Crippen molar-refractivity contribution >= 4 is 24.2 Å². The fourth-order valence-electron chi connectivity index (χ4n) is 3.95. The van der Waals surface area contributed by atoms with Gasteiger partial charge in [0, 0.05) is 12.2 Å². The lowest BCUT2D eigenvalue weighted by Crippen LogP contribution is -2.41. The van der Waals surface area contributed by atoms with Crippen LogP contribution < -0.4 is 10.4 Å². The molecule has 0 radical (unpaired) electrons. The number of aryl methyl sites for hydroxylation is 1. The lowest BCUT2D eigenvalue weighted by Gasteiger charge is -2.32. The van der Waals surface area contributed by atoms with E-state index in [1.165, 1.54) is 5.56 Å². The van der Waals surface area contributed by atoms with Crippen LogP contribution in [0, 0.1) is 6.92 Å². The van der Waals surface area contributed by atoms with Gasteiger partial charge in [0.05, 0.1) is 17.6 Å². The van der Waals surface area contributed by atoms with Gasteiger partial charge in [-0.2, -0.15) is 0 Å². The number of carbonyl (C=O) groups excluding carboxylic acids is 1. The fourth-order valence-corrected chi connectivity index (χ4v) is 3.95. The molecule has 5 heteroatoms. The summed E-state index contributed by atoms with van der Waals surface area (Å²) in [4.78, 5) is 14.8. The summed E-state index contributed by atoms with van der Waals surface area (Å²) in [5.74, 6) is 0.146. The van der Waals surface area contributed by atoms with E-state index in [2.05, 4.69) is 46.8 Å². The van der Waals surface area contributed by atoms with Crippen molar-refractivity contribution < 1.29 is 14.1 Å². The summed E-state index contributed by atoms with van der Waals surface area (Å²) in [6.45, 7) is 15.1. The van der Waals surface area contributed by atoms with Gasteiger partial charge >= 0.3 is 7.12 Å². The van der Waals surface area contributed by atoms with Gasteiger partial charge in [-0.3, -0.25) is 4.79 Å². The zero-order chi connectivity index (χ0) is 22.1. The van der Waals surface area contributed by atoms with Crippen LogP contribution in [-0.2, 0) is 26.9 Å². The molecule has 2 aromatic carbocycles. The monoisotopic (exact) mass is 407 g/mol. The van der Waals surface area contributed by atoms with E-state index < -0.39 is 0 Å². The first-order valence-corrected chi connectivity index (χ1v) is 11.0. The number of fused-ring (bicyclic) bond motifs is 1. The van der Waals surface area contributed by atoms with Gasteiger partial charge in [0.15, 0.2) is 0 Å². The molecule has 0 bridgehead atoms. The van der Waals surface area contributed by atoms with Crippen molar-refractivity contribution in [2.24, 2.45) is 0 Å². The van der Waals surface area contributed by atoms with Crippen molar-refractivity contribution in [3.8, 4) is 0 Å². The van der Waals surface area contributed by atoms with Crippen LogP contribution in [0.4, 0.5) is 5.69 Å². The molecule has 1 fully saturated rings. The molecule has 2 heterocycles. The first-order valence-electron chi connectivity index (χ1n) is 11.0. The maximum absolute atomic E-state index is 12.9. The molecular weight excluding hydrogens is 373 g/mol. The molecule has 0 unspecified atom stereocenters. The summed E-state index contributed by atoms with van der Waals surface area (Å²) in [7, 11) is -0.375. The standard InChI is InChI=1S/C23H28BNO3.C2H6/c1-16-14-17(10-11-19(16)24-27-22(2,3)23(4,5)28-24)15-21(26)25-13-12-18-8-6-7-9-20(18)25;1-2/h6-11,14H,12-13,15H2,1-5H3;1-2H3. The van der Waals surface area contributed by atoms with Crippen LogP contribution in [0.25, 0.3) is 0 Å². The van der Waals surface area contributed by atoms with Crippen molar-refractivity contribution in [3.05, 3.63) is 59.2 Å². The fraction of sp³-hybridized carbons (Fsp3) is 0.480. The summed E-state index contributed by atoms with van der Waals surface area (Å²) < 4.78 is 12.3. The topological polar surface area (TPSA) is 38.8 Å². The Bertz CT molecular complexity index is 906. The molecule has 160 valence electrons. The predicted molar refractivity (Wildman–Crippen MR) is 124 cm³/mol. The van der Waals surface area contributed by atoms with E-state index in [1.807, 2.05) is 49.1 Å². The van der Waals surface area contributed by atoms with Gasteiger partial charge in [-0.1, -0.05) is 55.8 Å². The Hall–Kier alpha value is -2.11. The third-order valence-electron chi connectivity index (χ3n) is 6.38. The van der Waals surface area contributed by atoms with E-state index in [9.17, 15) is 4.79 Å². The minimum absolute atomic E-state index is 0.146. The van der Waals surface area contributed by atoms with Crippen LogP contribution >= 0.6 is 0 Å². The van der Waals surface area contributed by atoms with Crippen LogP contribution in [0.2, 0.25) is 0 Å². The van der Waals surface area contributed by atoms with E-state index in [0.717, 1.165) is 35.2 Å². The third-order valence-corrected chi connectivity index (χ3v) is 6.38. The molecular formula is C25H34BNO3. The highest BCUT2D eigenvalue weighted by atomic mass is 16.7. The average molecular weight is 407 g/mol. The average Bonchev–Trinajstić information content (AvgIpc) is 3.21. The SMILES string of the molecule is CC.Cc1cc(CC(=O)N2CCc3ccccc32)ccc1B1OC(C)(C)C(C)(C)O1. The van der Waals surface area contributed by atoms with Crippen molar-refractivity contribution in [1.82, 2.24) is 0 Å². The van der Waals surface area contributed by atoms with Crippen molar-refractivity contribution in [1.29, 1.82) is 0 Å². The van der Waals surface area contributed by atoms with E-state index >= 15 is 0 Å². The molecule has 1 amide bonds. The summed E-state index contributed by atoms with van der Waals surface area (Å²) in [6.07, 6.45) is 1.33. The third kappa shape index (κ3) is 4.19. The number of rotatable bonds is 3. The lowest BCUT2D eigenvalue weighted by atomic mass is 9.75. The molecule has 2 aliphatic rings. The van der Waals surface area contributed by atoms with Crippen LogP contribution in [0.3, 0.4) is 0 Å². The second-order valence-electron chi connectivity index (χ2n) is 8.88. The van der Waals surface area contributed by atoms with Gasteiger partial charge in [-0.15, -0.1) is 0 Å². The maximum Gasteiger partial charge on any atom is 0.495 e. The number of carbonyl (C=O) groups is 1. The Balaban J connectivity index is 0.00000124. The minimum Gasteiger partial charge on any atom is -0.399 e. The first-order chi connectivity index (χ1) is 14.2. The van der Waals surface area contributed by atoms with Crippen molar-refractivity contribution in [2.45, 2.75) is 72.5 Å². The summed E-state index contributed by atoms with van der Waals surface area (Å²) >= 11 is 0. The van der Waals surface area contributed by atoms with Crippen LogP contribution in [0.1, 0.15) is 58.2 Å². The molecule has 2 aliphatic heterocycles. The summed E-state index contributed by atoms with van der Waals surface area (Å²) in [5.41, 5.74) is 4.73. The molecule has 0 N–H and O–H groups in total. The van der Waals surface area contributed by atoms with Crippen LogP contribution in [0.5, 0.6) is 0 Å². The number of para-hydroxylation sites is 1. The number of hydrogen-bond acceptors (Lipinski definition) is 3. The number of nitrogens with zero attached hydrogens (tertiary/aromatic N) is 1. The smallest absolute Gasteiger partial charge is 0.399 e. The molecule has 1 saturated heterocycles. The lowest BCUT2D eigenvalue weighted by molar-refractivity contribution is -0.117. The van der Waals surface area contributed by atoms with E-state index in [-0.39, 0.29) is 24.2 Å². The Labute approximate surface area is 181 Å². The number of anilines is 1. The number of hydrogen-bond donors (Lipinski definition) is 0. The molecule has 0 aliphatic carbocycles. The molecule has 2 aromatic rings. The van der Waals surface area contributed by atoms with Gasteiger partial charge in [0.1, 0.15) is 0 Å². The second-order valence-corrected chi connectivity index (χ2v) is 8.88. The highest BCUT2D eigenvalue weighted by Crippen LogP contribution is 2.36. The normalized spacial score (nSPS) is 18.6. The minimum atomic E-state index is -0.375. The van der Waals surface area contributed by atoms with Crippen molar-refractivity contribution in [2.75, 3.05) is 11.4 Å². The Morgan fingerprint density at radius 1 is 1.03 bits per heavy atom. The molecule has 0 saturated carbocycles. The second kappa shape index (κ2) is 8.56. The van der Waals surface area contributed by atoms with Gasteiger partial charge in [0.25, 0.3) is 0 Å². The molecule has 30 heavy (non-hydrogen) atoms. The largest absolute Gasteiger partial charge is 0.495 e. The van der Waals surface area contributed by atoms with Crippen LogP contribution in [0.15, 0.2) is 42.5 Å². The van der Waals surface area contributed by atoms with Gasteiger partial charge in [-0.25, -0.2) is 0 Å². The summed E-state index contributed by atoms with van der Waals surface area (Å²) in [5, 5.41) is 0. The first kappa shape index (κ1) is 22.6. The zero-order valence-electron chi connectivity index (χ0n) is 19.4. The van der Waals surface area contributed by atoms with Gasteiger partial charge in [-0.05, 0) is 63.7 Å². The van der Waals surface area contributed by atoms with Crippen molar-refractivity contribution in [3.63, 3.8) is 0 Å². The maximum atomic E-state index is 12.9.